The van der Waals surface area contributed by atoms with Crippen LogP contribution in [0.4, 0.5) is 5.69 Å². The predicted octanol–water partition coefficient (Wildman–Crippen LogP) is 0.501. The molecule has 0 aliphatic carbocycles. The van der Waals surface area contributed by atoms with Crippen molar-refractivity contribution < 1.29 is 22.9 Å². The molecule has 1 unspecified atom stereocenters. The molecule has 0 saturated carbocycles. The van der Waals surface area contributed by atoms with Crippen LogP contribution in [0.15, 0.2) is 23.1 Å². The minimum atomic E-state index is -4.12. The van der Waals surface area contributed by atoms with E-state index in [-0.39, 0.29) is 37.2 Å². The van der Waals surface area contributed by atoms with Crippen molar-refractivity contribution in [2.24, 2.45) is 11.7 Å². The van der Waals surface area contributed by atoms with Crippen molar-refractivity contribution in [3.05, 3.63) is 28.3 Å². The molecular formula is C15H23ClN4O6S. The van der Waals surface area contributed by atoms with Crippen LogP contribution in [0.2, 0.25) is 0 Å². The third-order valence-corrected chi connectivity index (χ3v) is 6.09. The number of hydrogen-bond acceptors (Lipinski definition) is 7. The van der Waals surface area contributed by atoms with E-state index in [0.29, 0.717) is 25.9 Å². The van der Waals surface area contributed by atoms with E-state index < -0.39 is 31.4 Å². The second-order valence-corrected chi connectivity index (χ2v) is 7.78. The summed E-state index contributed by atoms with van der Waals surface area (Å²) in [5.41, 5.74) is 4.80. The number of benzene rings is 1. The van der Waals surface area contributed by atoms with Crippen LogP contribution in [-0.2, 0) is 14.8 Å². The average Bonchev–Trinajstić information content (AvgIpc) is 2.65. The average molecular weight is 423 g/mol. The molecule has 1 aromatic carbocycles. The lowest BCUT2D eigenvalue weighted by molar-refractivity contribution is -0.387. The molecule has 1 heterocycles. The topological polar surface area (TPSA) is 145 Å². The third kappa shape index (κ3) is 5.28. The highest BCUT2D eigenvalue weighted by Crippen LogP contribution is 2.32. The molecule has 1 aliphatic heterocycles. The van der Waals surface area contributed by atoms with Gasteiger partial charge in [0.1, 0.15) is 5.75 Å². The number of methoxy groups -OCH3 is 1. The molecule has 1 saturated heterocycles. The van der Waals surface area contributed by atoms with Gasteiger partial charge >= 0.3 is 0 Å². The largest absolute Gasteiger partial charge is 0.497 e. The zero-order valence-corrected chi connectivity index (χ0v) is 16.4. The Morgan fingerprint density at radius 3 is 2.78 bits per heavy atom. The van der Waals surface area contributed by atoms with Crippen molar-refractivity contribution in [1.29, 1.82) is 0 Å². The van der Waals surface area contributed by atoms with E-state index in [1.54, 1.807) is 0 Å². The van der Waals surface area contributed by atoms with Crippen LogP contribution in [0.1, 0.15) is 12.8 Å². The van der Waals surface area contributed by atoms with Gasteiger partial charge in [0.05, 0.1) is 24.0 Å². The molecule has 1 aliphatic rings. The number of nitrogens with one attached hydrogen (secondary N) is 1. The molecule has 1 aromatic rings. The molecule has 0 bridgehead atoms. The maximum absolute atomic E-state index is 12.9. The minimum Gasteiger partial charge on any atom is -0.497 e. The number of nitro groups is 1. The highest BCUT2D eigenvalue weighted by Gasteiger charge is 2.36. The zero-order chi connectivity index (χ0) is 19.3. The molecule has 0 spiro atoms. The number of sulfonamides is 1. The number of ether oxygens (including phenoxy) is 1. The maximum atomic E-state index is 12.9. The fourth-order valence-corrected chi connectivity index (χ4v) is 4.50. The molecule has 27 heavy (non-hydrogen) atoms. The second-order valence-electron chi connectivity index (χ2n) is 5.87. The van der Waals surface area contributed by atoms with Crippen LogP contribution in [0.3, 0.4) is 0 Å². The number of nitrogens with two attached hydrogens (primary N) is 1. The Bertz CT molecular complexity index is 789. The number of piperidine rings is 1. The molecule has 3 N–H and O–H groups in total. The monoisotopic (exact) mass is 422 g/mol. The lowest BCUT2D eigenvalue weighted by Crippen LogP contribution is -2.46. The van der Waals surface area contributed by atoms with E-state index in [1.807, 2.05) is 0 Å². The Kier molecular flexibility index (Phi) is 8.41. The van der Waals surface area contributed by atoms with Gasteiger partial charge in [-0.15, -0.1) is 12.4 Å². The summed E-state index contributed by atoms with van der Waals surface area (Å²) in [5, 5.41) is 13.9. The van der Waals surface area contributed by atoms with Crippen molar-refractivity contribution in [2.45, 2.75) is 17.7 Å². The number of carbonyl (C=O) groups is 1. The normalized spacial score (nSPS) is 17.6. The van der Waals surface area contributed by atoms with Crippen molar-refractivity contribution in [3.63, 3.8) is 0 Å². The van der Waals surface area contributed by atoms with Gasteiger partial charge in [-0.1, -0.05) is 0 Å². The Hall–Kier alpha value is -1.95. The second kappa shape index (κ2) is 9.83. The summed E-state index contributed by atoms with van der Waals surface area (Å²) in [7, 11) is -2.78. The summed E-state index contributed by atoms with van der Waals surface area (Å²) in [6.45, 7) is 0.776. The van der Waals surface area contributed by atoms with Crippen LogP contribution < -0.4 is 15.8 Å². The number of halogens is 1. The highest BCUT2D eigenvalue weighted by molar-refractivity contribution is 7.89. The Labute approximate surface area is 163 Å². The van der Waals surface area contributed by atoms with E-state index in [0.717, 1.165) is 16.4 Å². The first kappa shape index (κ1) is 23.1. The fourth-order valence-electron chi connectivity index (χ4n) is 2.84. The van der Waals surface area contributed by atoms with Crippen molar-refractivity contribution in [1.82, 2.24) is 9.62 Å². The number of rotatable bonds is 7. The van der Waals surface area contributed by atoms with E-state index in [4.69, 9.17) is 10.5 Å². The van der Waals surface area contributed by atoms with Crippen LogP contribution in [-0.4, -0.2) is 56.8 Å². The first-order chi connectivity index (χ1) is 12.3. The SMILES string of the molecule is COc1ccc(S(=O)(=O)N2CCCC(C(=O)NCCN)C2)c([N+](=O)[O-])c1.Cl. The lowest BCUT2D eigenvalue weighted by Gasteiger charge is -2.31. The van der Waals surface area contributed by atoms with Crippen LogP contribution >= 0.6 is 12.4 Å². The standard InChI is InChI=1S/C15H22N4O6S.ClH/c1-25-12-4-5-14(13(9-12)19(21)22)26(23,24)18-8-2-3-11(10-18)15(20)17-7-6-16;/h4-5,9,11H,2-3,6-8,10,16H2,1H3,(H,17,20);1H. The molecular weight excluding hydrogens is 400 g/mol. The van der Waals surface area contributed by atoms with Gasteiger partial charge in [0.15, 0.2) is 4.90 Å². The first-order valence-electron chi connectivity index (χ1n) is 8.11. The smallest absolute Gasteiger partial charge is 0.293 e. The summed E-state index contributed by atoms with van der Waals surface area (Å²) in [6, 6.07) is 3.59. The molecule has 1 amide bonds. The summed E-state index contributed by atoms with van der Waals surface area (Å²) < 4.78 is 31.9. The van der Waals surface area contributed by atoms with Crippen LogP contribution in [0, 0.1) is 16.0 Å². The van der Waals surface area contributed by atoms with Crippen LogP contribution in [0.25, 0.3) is 0 Å². The number of nitro benzene ring substituents is 1. The molecule has 2 rings (SSSR count). The molecule has 0 aromatic heterocycles. The van der Waals surface area contributed by atoms with Gasteiger partial charge in [0, 0.05) is 26.2 Å². The maximum Gasteiger partial charge on any atom is 0.293 e. The number of hydrogen-bond donors (Lipinski definition) is 2. The third-order valence-electron chi connectivity index (χ3n) is 4.18. The summed E-state index contributed by atoms with van der Waals surface area (Å²) in [4.78, 5) is 22.2. The van der Waals surface area contributed by atoms with Crippen molar-refractivity contribution in [2.75, 3.05) is 33.3 Å². The predicted molar refractivity (Wildman–Crippen MR) is 100 cm³/mol. The molecule has 152 valence electrons. The first-order valence-corrected chi connectivity index (χ1v) is 9.55. The van der Waals surface area contributed by atoms with Gasteiger partial charge in [0.25, 0.3) is 5.69 Å². The van der Waals surface area contributed by atoms with Gasteiger partial charge in [0.2, 0.25) is 15.9 Å². The van der Waals surface area contributed by atoms with Gasteiger partial charge < -0.3 is 15.8 Å². The van der Waals surface area contributed by atoms with Gasteiger partial charge in [-0.3, -0.25) is 14.9 Å². The highest BCUT2D eigenvalue weighted by atomic mass is 35.5. The summed E-state index contributed by atoms with van der Waals surface area (Å²) in [6.07, 6.45) is 1.04. The van der Waals surface area contributed by atoms with Crippen molar-refractivity contribution >= 4 is 34.0 Å². The minimum absolute atomic E-state index is 0. The molecule has 10 nitrogen and oxygen atoms in total. The Balaban J connectivity index is 0.00000364. The van der Waals surface area contributed by atoms with E-state index in [2.05, 4.69) is 5.32 Å². The molecule has 0 radical (unpaired) electrons. The summed E-state index contributed by atoms with van der Waals surface area (Å²) >= 11 is 0. The van der Waals surface area contributed by atoms with Gasteiger partial charge in [-0.25, -0.2) is 8.42 Å². The van der Waals surface area contributed by atoms with Crippen LogP contribution in [0.5, 0.6) is 5.75 Å². The zero-order valence-electron chi connectivity index (χ0n) is 14.8. The number of amides is 1. The Morgan fingerprint density at radius 2 is 2.19 bits per heavy atom. The van der Waals surface area contributed by atoms with Gasteiger partial charge in [-0.05, 0) is 25.0 Å². The van der Waals surface area contributed by atoms with Crippen molar-refractivity contribution in [3.8, 4) is 5.75 Å². The molecule has 1 fully saturated rings. The summed E-state index contributed by atoms with van der Waals surface area (Å²) in [5.74, 6) is -0.588. The number of nitrogens with zero attached hydrogens (tertiary/aromatic N) is 2. The number of carbonyl (C=O) groups excluding carboxylic acids is 1. The van der Waals surface area contributed by atoms with E-state index in [9.17, 15) is 23.3 Å². The lowest BCUT2D eigenvalue weighted by atomic mass is 9.99. The van der Waals surface area contributed by atoms with E-state index >= 15 is 0 Å². The fraction of sp³-hybridized carbons (Fsp3) is 0.533. The molecule has 1 atom stereocenters. The quantitative estimate of drug-likeness (QED) is 0.480. The van der Waals surface area contributed by atoms with Gasteiger partial charge in [-0.2, -0.15) is 4.31 Å². The Morgan fingerprint density at radius 1 is 1.48 bits per heavy atom. The van der Waals surface area contributed by atoms with E-state index in [1.165, 1.54) is 13.2 Å². The molecule has 12 heteroatoms.